The van der Waals surface area contributed by atoms with Crippen LogP contribution in [0, 0.1) is 0 Å². The second-order valence-electron chi connectivity index (χ2n) is 7.03. The van der Waals surface area contributed by atoms with Crippen LogP contribution in [-0.4, -0.2) is 116 Å². The number of hydrogen-bond donors (Lipinski definition) is 9. The van der Waals surface area contributed by atoms with Gasteiger partial charge in [0.1, 0.15) is 30.5 Å². The number of amides is 2. The lowest BCUT2D eigenvalue weighted by Gasteiger charge is -2.40. The maximum absolute atomic E-state index is 12.0. The minimum Gasteiger partial charge on any atom is -0.394 e. The smallest absolute Gasteiger partial charge is 0.251 e. The molecule has 0 radical (unpaired) electrons. The van der Waals surface area contributed by atoms with Crippen LogP contribution >= 0.6 is 0 Å². The number of carbonyl (C=O) groups excluding carboxylic acids is 2. The van der Waals surface area contributed by atoms with Crippen LogP contribution in [0.25, 0.3) is 0 Å². The van der Waals surface area contributed by atoms with E-state index in [-0.39, 0.29) is 25.8 Å². The summed E-state index contributed by atoms with van der Waals surface area (Å²) in [7, 11) is 0. The predicted octanol–water partition coefficient (Wildman–Crippen LogP) is -5.37. The average molecular weight is 424 g/mol. The van der Waals surface area contributed by atoms with Crippen LogP contribution in [0.5, 0.6) is 0 Å². The van der Waals surface area contributed by atoms with E-state index < -0.39 is 73.7 Å². The van der Waals surface area contributed by atoms with Crippen LogP contribution in [0.15, 0.2) is 0 Å². The van der Waals surface area contributed by atoms with Crippen molar-refractivity contribution in [2.24, 2.45) is 0 Å². The normalized spacial score (nSPS) is 40.3. The van der Waals surface area contributed by atoms with E-state index in [9.17, 15) is 40.2 Å². The number of carbonyl (C=O) groups is 2. The summed E-state index contributed by atoms with van der Waals surface area (Å²) < 4.78 is 9.79. The van der Waals surface area contributed by atoms with Gasteiger partial charge in [0.2, 0.25) is 5.91 Å². The highest BCUT2D eigenvalue weighted by Crippen LogP contribution is 2.20. The standard InChI is InChI=1S/C16H28N2O11/c19-5-8-11(23)12(24)10(16(27)28-8)18-9(22)2-1-3-17-14(25)13-6(20)4-7(21)15(26)29-13/h6-8,10-13,15-16,19-21,23-24,26-27H,1-5H2,(H,17,25)(H,18,22). The van der Waals surface area contributed by atoms with Gasteiger partial charge in [0.15, 0.2) is 18.7 Å². The van der Waals surface area contributed by atoms with Crippen molar-refractivity contribution in [1.82, 2.24) is 10.6 Å². The molecule has 0 aromatic rings. The molecule has 0 bridgehead atoms. The maximum atomic E-state index is 12.0. The molecule has 2 amide bonds. The molecule has 0 spiro atoms. The highest BCUT2D eigenvalue weighted by Gasteiger charge is 2.44. The molecule has 0 aromatic heterocycles. The second-order valence-corrected chi connectivity index (χ2v) is 7.03. The highest BCUT2D eigenvalue weighted by molar-refractivity contribution is 5.81. The van der Waals surface area contributed by atoms with E-state index in [1.165, 1.54) is 0 Å². The zero-order valence-electron chi connectivity index (χ0n) is 15.5. The topological polar surface area (TPSA) is 218 Å². The van der Waals surface area contributed by atoms with Crippen LogP contribution < -0.4 is 10.6 Å². The van der Waals surface area contributed by atoms with Crippen molar-refractivity contribution < 1.29 is 54.8 Å². The van der Waals surface area contributed by atoms with Crippen molar-refractivity contribution in [3.63, 3.8) is 0 Å². The molecule has 9 atom stereocenters. The Bertz CT molecular complexity index is 565. The van der Waals surface area contributed by atoms with Crippen molar-refractivity contribution in [1.29, 1.82) is 0 Å². The van der Waals surface area contributed by atoms with E-state index in [1.54, 1.807) is 0 Å². The molecule has 2 aliphatic heterocycles. The van der Waals surface area contributed by atoms with E-state index in [4.69, 9.17) is 14.6 Å². The summed E-state index contributed by atoms with van der Waals surface area (Å²) in [6, 6.07) is -1.30. The monoisotopic (exact) mass is 424 g/mol. The first kappa shape index (κ1) is 23.9. The summed E-state index contributed by atoms with van der Waals surface area (Å²) in [5.41, 5.74) is 0. The van der Waals surface area contributed by atoms with Crippen LogP contribution in [-0.2, 0) is 19.1 Å². The molecular weight excluding hydrogens is 396 g/mol. The molecule has 13 nitrogen and oxygen atoms in total. The first-order valence-corrected chi connectivity index (χ1v) is 9.23. The molecule has 2 rings (SSSR count). The lowest BCUT2D eigenvalue weighted by atomic mass is 9.97. The predicted molar refractivity (Wildman–Crippen MR) is 91.7 cm³/mol. The van der Waals surface area contributed by atoms with Crippen LogP contribution in [0.1, 0.15) is 19.3 Å². The van der Waals surface area contributed by atoms with Crippen molar-refractivity contribution in [2.75, 3.05) is 13.2 Å². The van der Waals surface area contributed by atoms with Crippen molar-refractivity contribution in [3.8, 4) is 0 Å². The van der Waals surface area contributed by atoms with Gasteiger partial charge in [-0.2, -0.15) is 0 Å². The fourth-order valence-corrected chi connectivity index (χ4v) is 3.13. The minimum atomic E-state index is -1.62. The summed E-state index contributed by atoms with van der Waals surface area (Å²) in [5, 5.41) is 71.8. The Balaban J connectivity index is 1.71. The molecule has 29 heavy (non-hydrogen) atoms. The summed E-state index contributed by atoms with van der Waals surface area (Å²) in [5.74, 6) is -1.30. The van der Waals surface area contributed by atoms with E-state index >= 15 is 0 Å². The van der Waals surface area contributed by atoms with Crippen LogP contribution in [0.4, 0.5) is 0 Å². The van der Waals surface area contributed by atoms with Gasteiger partial charge < -0.3 is 55.9 Å². The largest absolute Gasteiger partial charge is 0.394 e. The SMILES string of the molecule is O=C(CCCNC(=O)C1OC(O)C(O)CC1O)NC1C(O)OC(CO)C(O)C1O. The first-order chi connectivity index (χ1) is 13.6. The number of nitrogens with one attached hydrogen (secondary N) is 2. The van der Waals surface area contributed by atoms with Gasteiger partial charge in [-0.3, -0.25) is 9.59 Å². The lowest BCUT2D eigenvalue weighted by molar-refractivity contribution is -0.253. The Morgan fingerprint density at radius 2 is 1.62 bits per heavy atom. The maximum Gasteiger partial charge on any atom is 0.251 e. The van der Waals surface area contributed by atoms with Gasteiger partial charge >= 0.3 is 0 Å². The molecule has 9 N–H and O–H groups in total. The number of hydrogen-bond acceptors (Lipinski definition) is 11. The number of rotatable bonds is 7. The van der Waals surface area contributed by atoms with Gasteiger partial charge in [0.25, 0.3) is 5.91 Å². The molecule has 0 aromatic carbocycles. The fraction of sp³-hybridized carbons (Fsp3) is 0.875. The Morgan fingerprint density at radius 3 is 2.28 bits per heavy atom. The molecule has 0 saturated carbocycles. The van der Waals surface area contributed by atoms with Gasteiger partial charge in [-0.15, -0.1) is 0 Å². The molecule has 9 unspecified atom stereocenters. The Labute approximate surface area is 165 Å². The number of ether oxygens (including phenoxy) is 2. The molecule has 13 heteroatoms. The fourth-order valence-electron chi connectivity index (χ4n) is 3.13. The average Bonchev–Trinajstić information content (AvgIpc) is 2.67. The van der Waals surface area contributed by atoms with E-state index in [2.05, 4.69) is 10.6 Å². The first-order valence-electron chi connectivity index (χ1n) is 9.23. The summed E-state index contributed by atoms with van der Waals surface area (Å²) >= 11 is 0. The summed E-state index contributed by atoms with van der Waals surface area (Å²) in [6.07, 6.45) is -11.5. The summed E-state index contributed by atoms with van der Waals surface area (Å²) in [6.45, 7) is -0.593. The van der Waals surface area contributed by atoms with Crippen LogP contribution in [0.3, 0.4) is 0 Å². The van der Waals surface area contributed by atoms with E-state index in [0.717, 1.165) is 0 Å². The van der Waals surface area contributed by atoms with Gasteiger partial charge in [0.05, 0.1) is 12.7 Å². The zero-order valence-corrected chi connectivity index (χ0v) is 15.5. The van der Waals surface area contributed by atoms with Gasteiger partial charge in [-0.05, 0) is 6.42 Å². The molecule has 2 heterocycles. The van der Waals surface area contributed by atoms with Gasteiger partial charge in [-0.25, -0.2) is 0 Å². The quantitative estimate of drug-likeness (QED) is 0.176. The Hall–Kier alpha value is -1.42. The molecule has 2 aliphatic rings. The van der Waals surface area contributed by atoms with Crippen LogP contribution in [0.2, 0.25) is 0 Å². The van der Waals surface area contributed by atoms with Crippen molar-refractivity contribution in [3.05, 3.63) is 0 Å². The molecule has 2 saturated heterocycles. The summed E-state index contributed by atoms with van der Waals surface area (Å²) in [4.78, 5) is 24.0. The second kappa shape index (κ2) is 10.6. The highest BCUT2D eigenvalue weighted by atomic mass is 16.6. The van der Waals surface area contributed by atoms with Gasteiger partial charge in [-0.1, -0.05) is 0 Å². The van der Waals surface area contributed by atoms with E-state index in [1.807, 2.05) is 0 Å². The Kier molecular flexibility index (Phi) is 8.69. The number of aliphatic hydroxyl groups is 7. The van der Waals surface area contributed by atoms with Crippen molar-refractivity contribution >= 4 is 11.8 Å². The third-order valence-corrected chi connectivity index (χ3v) is 4.81. The molecule has 168 valence electrons. The van der Waals surface area contributed by atoms with Crippen molar-refractivity contribution in [2.45, 2.75) is 74.5 Å². The van der Waals surface area contributed by atoms with Gasteiger partial charge in [0, 0.05) is 19.4 Å². The zero-order chi connectivity index (χ0) is 21.7. The third-order valence-electron chi connectivity index (χ3n) is 4.81. The Morgan fingerprint density at radius 1 is 0.931 bits per heavy atom. The third kappa shape index (κ3) is 6.04. The molecule has 0 aliphatic carbocycles. The molecular formula is C16H28N2O11. The minimum absolute atomic E-state index is 0.0268. The number of aliphatic hydroxyl groups excluding tert-OH is 7. The van der Waals surface area contributed by atoms with E-state index in [0.29, 0.717) is 0 Å². The molecule has 2 fully saturated rings. The lowest BCUT2D eigenvalue weighted by Crippen LogP contribution is -2.64.